The largest absolute Gasteiger partial charge is 0.354 e. The molecule has 1 amide bonds. The van der Waals surface area contributed by atoms with Crippen molar-refractivity contribution in [1.82, 2.24) is 14.9 Å². The smallest absolute Gasteiger partial charge is 0.326 e. The average Bonchev–Trinajstić information content (AvgIpc) is 2.65. The second-order valence-electron chi connectivity index (χ2n) is 4.63. The molecule has 0 bridgehead atoms. The van der Waals surface area contributed by atoms with Gasteiger partial charge in [-0.3, -0.25) is 9.36 Å². The third-order valence-corrected chi connectivity index (χ3v) is 2.85. The number of nitrogens with zero attached hydrogens (tertiary/aromatic N) is 1. The molecular formula is C13H18N4O2. The first-order valence-corrected chi connectivity index (χ1v) is 6.28. The fourth-order valence-electron chi connectivity index (χ4n) is 2.00. The number of imidazole rings is 1. The molecule has 0 saturated heterocycles. The molecule has 0 saturated carbocycles. The predicted octanol–water partition coefficient (Wildman–Crippen LogP) is 0.183. The number of carbonyl (C=O) groups excluding carboxylic acids is 1. The van der Waals surface area contributed by atoms with Crippen molar-refractivity contribution in [2.24, 2.45) is 5.73 Å². The van der Waals surface area contributed by atoms with Crippen molar-refractivity contribution in [3.63, 3.8) is 0 Å². The van der Waals surface area contributed by atoms with Gasteiger partial charge in [0.1, 0.15) is 0 Å². The summed E-state index contributed by atoms with van der Waals surface area (Å²) in [6.45, 7) is 2.63. The van der Waals surface area contributed by atoms with Crippen molar-refractivity contribution in [3.05, 3.63) is 34.7 Å². The second-order valence-corrected chi connectivity index (χ2v) is 4.63. The highest BCUT2D eigenvalue weighted by Gasteiger charge is 2.07. The Bertz CT molecular complexity index is 627. The van der Waals surface area contributed by atoms with E-state index in [4.69, 9.17) is 5.73 Å². The van der Waals surface area contributed by atoms with E-state index in [1.165, 1.54) is 0 Å². The van der Waals surface area contributed by atoms with Crippen LogP contribution in [0.25, 0.3) is 11.0 Å². The van der Waals surface area contributed by atoms with Crippen LogP contribution in [0, 0.1) is 0 Å². The number of amides is 1. The zero-order chi connectivity index (χ0) is 13.8. The van der Waals surface area contributed by atoms with E-state index in [1.54, 1.807) is 11.5 Å². The van der Waals surface area contributed by atoms with Crippen LogP contribution in [-0.4, -0.2) is 28.0 Å². The number of nitrogens with one attached hydrogen (secondary N) is 2. The van der Waals surface area contributed by atoms with Gasteiger partial charge < -0.3 is 16.0 Å². The van der Waals surface area contributed by atoms with E-state index in [0.717, 1.165) is 11.0 Å². The number of carbonyl (C=O) groups is 1. The molecule has 19 heavy (non-hydrogen) atoms. The molecule has 0 fully saturated rings. The van der Waals surface area contributed by atoms with Crippen molar-refractivity contribution in [3.8, 4) is 0 Å². The van der Waals surface area contributed by atoms with E-state index < -0.39 is 0 Å². The second kappa shape index (κ2) is 5.71. The molecule has 0 aliphatic rings. The maximum Gasteiger partial charge on any atom is 0.326 e. The highest BCUT2D eigenvalue weighted by molar-refractivity contribution is 5.76. The molecule has 1 atom stereocenters. The molecule has 0 radical (unpaired) electrons. The van der Waals surface area contributed by atoms with Crippen LogP contribution in [-0.2, 0) is 11.3 Å². The fraction of sp³-hybridized carbons (Fsp3) is 0.385. The van der Waals surface area contributed by atoms with Crippen molar-refractivity contribution >= 4 is 16.9 Å². The molecule has 1 heterocycles. The number of hydrogen-bond donors (Lipinski definition) is 3. The lowest BCUT2D eigenvalue weighted by Crippen LogP contribution is -2.33. The maximum absolute atomic E-state index is 11.8. The molecule has 0 aliphatic heterocycles. The molecule has 102 valence electrons. The predicted molar refractivity (Wildman–Crippen MR) is 73.8 cm³/mol. The van der Waals surface area contributed by atoms with Gasteiger partial charge in [-0.2, -0.15) is 0 Å². The molecule has 4 N–H and O–H groups in total. The number of fused-ring (bicyclic) bond motifs is 1. The van der Waals surface area contributed by atoms with Crippen LogP contribution in [0.3, 0.4) is 0 Å². The van der Waals surface area contributed by atoms with E-state index >= 15 is 0 Å². The summed E-state index contributed by atoms with van der Waals surface area (Å²) >= 11 is 0. The number of benzene rings is 1. The normalized spacial score (nSPS) is 12.5. The fourth-order valence-corrected chi connectivity index (χ4v) is 2.00. The van der Waals surface area contributed by atoms with Gasteiger partial charge in [0, 0.05) is 25.6 Å². The number of aromatic amines is 1. The van der Waals surface area contributed by atoms with Crippen molar-refractivity contribution < 1.29 is 4.79 Å². The molecule has 2 rings (SSSR count). The van der Waals surface area contributed by atoms with Gasteiger partial charge in [-0.1, -0.05) is 12.1 Å². The molecular weight excluding hydrogens is 244 g/mol. The lowest BCUT2D eigenvalue weighted by Gasteiger charge is -2.07. The first-order chi connectivity index (χ1) is 9.08. The summed E-state index contributed by atoms with van der Waals surface area (Å²) in [5.41, 5.74) is 7.01. The zero-order valence-corrected chi connectivity index (χ0v) is 10.8. The first-order valence-electron chi connectivity index (χ1n) is 6.28. The lowest BCUT2D eigenvalue weighted by molar-refractivity contribution is -0.121. The Hall–Kier alpha value is -2.08. The standard InChI is InChI=1S/C13H18N4O2/c1-9(14)8-12(18)15-6-7-17-11-5-3-2-4-10(11)16-13(17)19/h2-5,9H,6-8,14H2,1H3,(H,15,18)(H,16,19). The van der Waals surface area contributed by atoms with Gasteiger partial charge >= 0.3 is 5.69 Å². The number of rotatable bonds is 5. The summed E-state index contributed by atoms with van der Waals surface area (Å²) in [5, 5.41) is 2.75. The van der Waals surface area contributed by atoms with Crippen LogP contribution in [0.15, 0.2) is 29.1 Å². The van der Waals surface area contributed by atoms with E-state index in [2.05, 4.69) is 10.3 Å². The van der Waals surface area contributed by atoms with Crippen LogP contribution in [0.1, 0.15) is 13.3 Å². The van der Waals surface area contributed by atoms with Gasteiger partial charge in [-0.25, -0.2) is 4.79 Å². The molecule has 1 aromatic carbocycles. The number of nitrogens with two attached hydrogens (primary N) is 1. The summed E-state index contributed by atoms with van der Waals surface area (Å²) in [6, 6.07) is 7.31. The third-order valence-electron chi connectivity index (χ3n) is 2.85. The van der Waals surface area contributed by atoms with Crippen molar-refractivity contribution in [1.29, 1.82) is 0 Å². The van der Waals surface area contributed by atoms with Crippen molar-refractivity contribution in [2.45, 2.75) is 25.9 Å². The summed E-state index contributed by atoms with van der Waals surface area (Å²) in [4.78, 5) is 26.0. The van der Waals surface area contributed by atoms with Gasteiger partial charge in [-0.05, 0) is 19.1 Å². The molecule has 6 nitrogen and oxygen atoms in total. The highest BCUT2D eigenvalue weighted by atomic mass is 16.2. The van der Waals surface area contributed by atoms with Crippen LogP contribution in [0.4, 0.5) is 0 Å². The van der Waals surface area contributed by atoms with Gasteiger partial charge in [-0.15, -0.1) is 0 Å². The first kappa shape index (κ1) is 13.4. The van der Waals surface area contributed by atoms with Crippen LogP contribution in [0.2, 0.25) is 0 Å². The average molecular weight is 262 g/mol. The Balaban J connectivity index is 2.00. The van der Waals surface area contributed by atoms with E-state index in [-0.39, 0.29) is 17.6 Å². The SMILES string of the molecule is CC(N)CC(=O)NCCn1c(=O)[nH]c2ccccc21. The van der Waals surface area contributed by atoms with E-state index in [0.29, 0.717) is 19.5 Å². The zero-order valence-electron chi connectivity index (χ0n) is 10.8. The summed E-state index contributed by atoms with van der Waals surface area (Å²) in [7, 11) is 0. The highest BCUT2D eigenvalue weighted by Crippen LogP contribution is 2.08. The molecule has 6 heteroatoms. The molecule has 2 aromatic rings. The van der Waals surface area contributed by atoms with Crippen molar-refractivity contribution in [2.75, 3.05) is 6.54 Å². The molecule has 0 aliphatic carbocycles. The van der Waals surface area contributed by atoms with Gasteiger partial charge in [0.15, 0.2) is 0 Å². The third kappa shape index (κ3) is 3.23. The maximum atomic E-state index is 11.8. The monoisotopic (exact) mass is 262 g/mol. The molecule has 1 unspecified atom stereocenters. The Morgan fingerprint density at radius 1 is 1.47 bits per heavy atom. The van der Waals surface area contributed by atoms with E-state index in [1.807, 2.05) is 24.3 Å². The molecule has 1 aromatic heterocycles. The van der Waals surface area contributed by atoms with Crippen LogP contribution in [0.5, 0.6) is 0 Å². The topological polar surface area (TPSA) is 92.9 Å². The number of hydrogen-bond acceptors (Lipinski definition) is 3. The van der Waals surface area contributed by atoms with Gasteiger partial charge in [0.25, 0.3) is 0 Å². The lowest BCUT2D eigenvalue weighted by atomic mass is 10.2. The summed E-state index contributed by atoms with van der Waals surface area (Å²) in [6.07, 6.45) is 0.294. The number of H-pyrrole nitrogens is 1. The minimum atomic E-state index is -0.164. The Morgan fingerprint density at radius 2 is 2.21 bits per heavy atom. The quantitative estimate of drug-likeness (QED) is 0.717. The Kier molecular flexibility index (Phi) is 4.01. The minimum Gasteiger partial charge on any atom is -0.354 e. The van der Waals surface area contributed by atoms with Gasteiger partial charge in [0.2, 0.25) is 5.91 Å². The summed E-state index contributed by atoms with van der Waals surface area (Å²) in [5.74, 6) is -0.0945. The van der Waals surface area contributed by atoms with Crippen LogP contribution >= 0.6 is 0 Å². The van der Waals surface area contributed by atoms with E-state index in [9.17, 15) is 9.59 Å². The van der Waals surface area contributed by atoms with Gasteiger partial charge in [0.05, 0.1) is 11.0 Å². The number of aromatic nitrogens is 2. The Labute approximate surface area is 110 Å². The molecule has 0 spiro atoms. The summed E-state index contributed by atoms with van der Waals surface area (Å²) < 4.78 is 1.61. The minimum absolute atomic E-state index is 0.0945. The Morgan fingerprint density at radius 3 is 2.95 bits per heavy atom. The number of para-hydroxylation sites is 2. The van der Waals surface area contributed by atoms with Crippen LogP contribution < -0.4 is 16.7 Å².